The van der Waals surface area contributed by atoms with Crippen molar-refractivity contribution in [1.29, 1.82) is 0 Å². The standard InChI is InChI=1S/C17H16F2N8O2/c1-9(15-22-8-23-27(15)16-20-4-3-5-21-16)24-17(29)26-14-7-13(25-10(2)28)11(18)6-12(14)19/h3-9H,1-2H3,(H,25,28)(H2,24,26,29). The summed E-state index contributed by atoms with van der Waals surface area (Å²) in [5.74, 6) is -1.90. The highest BCUT2D eigenvalue weighted by Gasteiger charge is 2.19. The summed E-state index contributed by atoms with van der Waals surface area (Å²) >= 11 is 0. The van der Waals surface area contributed by atoms with E-state index in [1.165, 1.54) is 30.3 Å². The second kappa shape index (κ2) is 8.37. The van der Waals surface area contributed by atoms with E-state index in [1.807, 2.05) is 0 Å². The van der Waals surface area contributed by atoms with Gasteiger partial charge in [0.15, 0.2) is 5.82 Å². The number of benzene rings is 1. The van der Waals surface area contributed by atoms with Crippen molar-refractivity contribution in [2.75, 3.05) is 10.6 Å². The van der Waals surface area contributed by atoms with Gasteiger partial charge in [-0.3, -0.25) is 4.79 Å². The van der Waals surface area contributed by atoms with Crippen molar-refractivity contribution in [3.05, 3.63) is 54.4 Å². The summed E-state index contributed by atoms with van der Waals surface area (Å²) in [4.78, 5) is 35.6. The fraction of sp³-hybridized carbons (Fsp3) is 0.176. The van der Waals surface area contributed by atoms with Gasteiger partial charge < -0.3 is 16.0 Å². The Labute approximate surface area is 163 Å². The summed E-state index contributed by atoms with van der Waals surface area (Å²) in [5.41, 5.74) is -0.573. The second-order valence-electron chi connectivity index (χ2n) is 5.89. The zero-order chi connectivity index (χ0) is 21.0. The van der Waals surface area contributed by atoms with Gasteiger partial charge in [-0.1, -0.05) is 0 Å². The van der Waals surface area contributed by atoms with Crippen LogP contribution >= 0.6 is 0 Å². The summed E-state index contributed by atoms with van der Waals surface area (Å²) < 4.78 is 29.0. The number of hydrogen-bond acceptors (Lipinski definition) is 6. The molecule has 1 unspecified atom stereocenters. The number of hydrogen-bond donors (Lipinski definition) is 3. The number of anilines is 2. The van der Waals surface area contributed by atoms with Crippen molar-refractivity contribution in [3.63, 3.8) is 0 Å². The molecule has 1 aromatic carbocycles. The third-order valence-corrected chi connectivity index (χ3v) is 3.67. The molecule has 0 saturated heterocycles. The molecular weight excluding hydrogens is 386 g/mol. The second-order valence-corrected chi connectivity index (χ2v) is 5.89. The van der Waals surface area contributed by atoms with Crippen molar-refractivity contribution in [2.24, 2.45) is 0 Å². The van der Waals surface area contributed by atoms with E-state index in [0.717, 1.165) is 6.07 Å². The molecule has 0 radical (unpaired) electrons. The van der Waals surface area contributed by atoms with Crippen LogP contribution in [0.2, 0.25) is 0 Å². The molecule has 1 atom stereocenters. The zero-order valence-corrected chi connectivity index (χ0v) is 15.3. The largest absolute Gasteiger partial charge is 0.328 e. The molecular formula is C17H16F2N8O2. The quantitative estimate of drug-likeness (QED) is 0.600. The molecule has 0 aliphatic heterocycles. The van der Waals surface area contributed by atoms with E-state index in [0.29, 0.717) is 11.9 Å². The van der Waals surface area contributed by atoms with Gasteiger partial charge >= 0.3 is 6.03 Å². The van der Waals surface area contributed by atoms with Crippen molar-refractivity contribution < 1.29 is 18.4 Å². The number of nitrogens with zero attached hydrogens (tertiary/aromatic N) is 5. The first kappa shape index (κ1) is 19.8. The maximum atomic E-state index is 14.0. The Balaban J connectivity index is 1.74. The molecule has 3 aromatic rings. The van der Waals surface area contributed by atoms with Crippen LogP contribution in [0.4, 0.5) is 25.0 Å². The fourth-order valence-electron chi connectivity index (χ4n) is 2.45. The Hall–Kier alpha value is -3.96. The highest BCUT2D eigenvalue weighted by molar-refractivity contribution is 5.92. The summed E-state index contributed by atoms with van der Waals surface area (Å²) in [5, 5.41) is 11.1. The molecule has 0 aliphatic rings. The van der Waals surface area contributed by atoms with E-state index in [9.17, 15) is 18.4 Å². The van der Waals surface area contributed by atoms with Gasteiger partial charge in [-0.15, -0.1) is 0 Å². The first-order chi connectivity index (χ1) is 13.8. The molecule has 0 spiro atoms. The molecule has 0 saturated carbocycles. The topological polar surface area (TPSA) is 127 Å². The van der Waals surface area contributed by atoms with Crippen LogP contribution in [0.1, 0.15) is 25.7 Å². The minimum atomic E-state index is -1.000. The summed E-state index contributed by atoms with van der Waals surface area (Å²) in [6.45, 7) is 2.81. The van der Waals surface area contributed by atoms with Gasteiger partial charge in [0.05, 0.1) is 17.4 Å². The molecule has 0 fully saturated rings. The van der Waals surface area contributed by atoms with E-state index < -0.39 is 29.6 Å². The Morgan fingerprint density at radius 3 is 2.34 bits per heavy atom. The number of carbonyl (C=O) groups excluding carboxylic acids is 2. The number of carbonyl (C=O) groups is 2. The lowest BCUT2D eigenvalue weighted by atomic mass is 10.2. The van der Waals surface area contributed by atoms with Crippen LogP contribution in [0.3, 0.4) is 0 Å². The Kier molecular flexibility index (Phi) is 5.71. The smallest absolute Gasteiger partial charge is 0.319 e. The van der Waals surface area contributed by atoms with E-state index in [4.69, 9.17) is 0 Å². The SMILES string of the molecule is CC(=O)Nc1cc(NC(=O)NC(C)c2ncnn2-c2ncccn2)c(F)cc1F. The van der Waals surface area contributed by atoms with Crippen molar-refractivity contribution >= 4 is 23.3 Å². The van der Waals surface area contributed by atoms with E-state index in [2.05, 4.69) is 36.0 Å². The van der Waals surface area contributed by atoms with Gasteiger partial charge in [0.2, 0.25) is 5.91 Å². The fourth-order valence-corrected chi connectivity index (χ4v) is 2.45. The van der Waals surface area contributed by atoms with Crippen LogP contribution in [0.5, 0.6) is 0 Å². The first-order valence-corrected chi connectivity index (χ1v) is 8.36. The Morgan fingerprint density at radius 1 is 1.03 bits per heavy atom. The van der Waals surface area contributed by atoms with Crippen molar-refractivity contribution in [2.45, 2.75) is 19.9 Å². The summed E-state index contributed by atoms with van der Waals surface area (Å²) in [6, 6.07) is 1.76. The van der Waals surface area contributed by atoms with Gasteiger partial charge in [-0.25, -0.2) is 28.5 Å². The highest BCUT2D eigenvalue weighted by atomic mass is 19.1. The van der Waals surface area contributed by atoms with E-state index in [-0.39, 0.29) is 17.3 Å². The van der Waals surface area contributed by atoms with Gasteiger partial charge in [0.1, 0.15) is 18.0 Å². The van der Waals surface area contributed by atoms with Gasteiger partial charge in [-0.2, -0.15) is 9.78 Å². The number of amides is 3. The zero-order valence-electron chi connectivity index (χ0n) is 15.3. The number of aromatic nitrogens is 5. The highest BCUT2D eigenvalue weighted by Crippen LogP contribution is 2.23. The number of halogens is 2. The average Bonchev–Trinajstić information content (AvgIpc) is 3.16. The molecule has 0 aliphatic carbocycles. The maximum Gasteiger partial charge on any atom is 0.319 e. The monoisotopic (exact) mass is 402 g/mol. The third kappa shape index (κ3) is 4.66. The lowest BCUT2D eigenvalue weighted by Crippen LogP contribution is -2.33. The van der Waals surface area contributed by atoms with E-state index >= 15 is 0 Å². The maximum absolute atomic E-state index is 14.0. The Bertz CT molecular complexity index is 1040. The molecule has 2 heterocycles. The molecule has 3 N–H and O–H groups in total. The minimum absolute atomic E-state index is 0.261. The molecule has 0 bridgehead atoms. The lowest BCUT2D eigenvalue weighted by molar-refractivity contribution is -0.114. The molecule has 2 aromatic heterocycles. The van der Waals surface area contributed by atoms with Gasteiger partial charge in [0.25, 0.3) is 5.95 Å². The van der Waals surface area contributed by atoms with Crippen LogP contribution in [0.25, 0.3) is 5.95 Å². The van der Waals surface area contributed by atoms with Crippen LogP contribution < -0.4 is 16.0 Å². The van der Waals surface area contributed by atoms with Crippen LogP contribution in [-0.2, 0) is 4.79 Å². The predicted molar refractivity (Wildman–Crippen MR) is 98.2 cm³/mol. The molecule has 10 nitrogen and oxygen atoms in total. The van der Waals surface area contributed by atoms with Crippen molar-refractivity contribution in [1.82, 2.24) is 30.0 Å². The average molecular weight is 402 g/mol. The first-order valence-electron chi connectivity index (χ1n) is 8.36. The van der Waals surface area contributed by atoms with Crippen LogP contribution in [-0.4, -0.2) is 36.7 Å². The molecule has 3 amide bonds. The molecule has 29 heavy (non-hydrogen) atoms. The summed E-state index contributed by atoms with van der Waals surface area (Å²) in [6.07, 6.45) is 4.34. The van der Waals surface area contributed by atoms with Crippen LogP contribution in [0, 0.1) is 11.6 Å². The number of nitrogens with one attached hydrogen (secondary N) is 3. The summed E-state index contributed by atoms with van der Waals surface area (Å²) in [7, 11) is 0. The Morgan fingerprint density at radius 2 is 1.69 bits per heavy atom. The molecule has 150 valence electrons. The third-order valence-electron chi connectivity index (χ3n) is 3.67. The lowest BCUT2D eigenvalue weighted by Gasteiger charge is -2.15. The molecule has 3 rings (SSSR count). The molecule has 12 heteroatoms. The van der Waals surface area contributed by atoms with Gasteiger partial charge in [-0.05, 0) is 19.1 Å². The van der Waals surface area contributed by atoms with Gasteiger partial charge in [0, 0.05) is 25.4 Å². The minimum Gasteiger partial charge on any atom is -0.328 e. The van der Waals surface area contributed by atoms with Crippen LogP contribution in [0.15, 0.2) is 36.9 Å². The number of urea groups is 1. The van der Waals surface area contributed by atoms with E-state index in [1.54, 1.807) is 13.0 Å². The number of rotatable bonds is 5. The normalized spacial score (nSPS) is 11.6. The predicted octanol–water partition coefficient (Wildman–Crippen LogP) is 2.18. The van der Waals surface area contributed by atoms with Crippen molar-refractivity contribution in [3.8, 4) is 5.95 Å².